The molecule has 0 fully saturated rings. The second-order valence-corrected chi connectivity index (χ2v) is 4.91. The first-order valence-electron chi connectivity index (χ1n) is 6.96. The molecule has 4 nitrogen and oxygen atoms in total. The molecule has 0 heterocycles. The number of ether oxygens (including phenoxy) is 1. The van der Waals surface area contributed by atoms with Crippen molar-refractivity contribution in [2.75, 3.05) is 17.7 Å². The summed E-state index contributed by atoms with van der Waals surface area (Å²) in [7, 11) is 0. The Bertz CT molecular complexity index is 621. The van der Waals surface area contributed by atoms with Crippen molar-refractivity contribution in [2.24, 2.45) is 0 Å². The van der Waals surface area contributed by atoms with Crippen molar-refractivity contribution in [3.8, 4) is 5.75 Å². The summed E-state index contributed by atoms with van der Waals surface area (Å²) < 4.78 is 5.45. The maximum absolute atomic E-state index is 11.8. The van der Waals surface area contributed by atoms with Gasteiger partial charge in [-0.1, -0.05) is 25.1 Å². The standard InChI is InChI=1S/C17H20N2O2/c1-3-13-5-8-15(9-6-13)21-11-17(20)19-14-7-4-12(2)16(18)10-14/h4-10H,3,11,18H2,1-2H3,(H,19,20). The highest BCUT2D eigenvalue weighted by Gasteiger charge is 2.05. The molecule has 0 spiro atoms. The Hall–Kier alpha value is -2.49. The van der Waals surface area contributed by atoms with Gasteiger partial charge in [0, 0.05) is 11.4 Å². The quantitative estimate of drug-likeness (QED) is 0.829. The van der Waals surface area contributed by atoms with Crippen molar-refractivity contribution in [3.63, 3.8) is 0 Å². The minimum atomic E-state index is -0.210. The predicted molar refractivity (Wildman–Crippen MR) is 85.5 cm³/mol. The first-order valence-corrected chi connectivity index (χ1v) is 6.96. The number of hydrogen-bond acceptors (Lipinski definition) is 3. The minimum absolute atomic E-state index is 0.0285. The van der Waals surface area contributed by atoms with Gasteiger partial charge in [-0.05, 0) is 48.7 Å². The average Bonchev–Trinajstić information content (AvgIpc) is 2.49. The fourth-order valence-electron chi connectivity index (χ4n) is 1.89. The Morgan fingerprint density at radius 3 is 2.52 bits per heavy atom. The van der Waals surface area contributed by atoms with Gasteiger partial charge in [0.1, 0.15) is 5.75 Å². The molecule has 0 aromatic heterocycles. The molecule has 2 rings (SSSR count). The highest BCUT2D eigenvalue weighted by Crippen LogP contribution is 2.17. The number of nitrogens with two attached hydrogens (primary N) is 1. The smallest absolute Gasteiger partial charge is 0.262 e. The number of benzene rings is 2. The van der Waals surface area contributed by atoms with E-state index in [2.05, 4.69) is 12.2 Å². The number of anilines is 2. The normalized spacial score (nSPS) is 10.2. The van der Waals surface area contributed by atoms with E-state index in [-0.39, 0.29) is 12.5 Å². The van der Waals surface area contributed by atoms with Gasteiger partial charge in [0.05, 0.1) is 0 Å². The maximum atomic E-state index is 11.8. The van der Waals surface area contributed by atoms with E-state index in [4.69, 9.17) is 10.5 Å². The number of rotatable bonds is 5. The Balaban J connectivity index is 1.87. The monoisotopic (exact) mass is 284 g/mol. The van der Waals surface area contributed by atoms with E-state index in [1.165, 1.54) is 5.56 Å². The van der Waals surface area contributed by atoms with Gasteiger partial charge >= 0.3 is 0 Å². The van der Waals surface area contributed by atoms with E-state index < -0.39 is 0 Å². The van der Waals surface area contributed by atoms with E-state index in [0.29, 0.717) is 17.1 Å². The van der Waals surface area contributed by atoms with E-state index in [1.807, 2.05) is 43.3 Å². The van der Waals surface area contributed by atoms with Gasteiger partial charge in [0.15, 0.2) is 6.61 Å². The summed E-state index contributed by atoms with van der Waals surface area (Å²) in [6.45, 7) is 3.99. The number of nitrogens with one attached hydrogen (secondary N) is 1. The molecule has 21 heavy (non-hydrogen) atoms. The first kappa shape index (κ1) is 14.9. The van der Waals surface area contributed by atoms with Crippen LogP contribution in [0.5, 0.6) is 5.75 Å². The summed E-state index contributed by atoms with van der Waals surface area (Å²) in [4.78, 5) is 11.8. The molecule has 0 bridgehead atoms. The third kappa shape index (κ3) is 4.24. The molecule has 0 unspecified atom stereocenters. The second-order valence-electron chi connectivity index (χ2n) is 4.91. The Labute approximate surface area is 124 Å². The van der Waals surface area contributed by atoms with E-state index in [9.17, 15) is 4.79 Å². The van der Waals surface area contributed by atoms with Crippen LogP contribution in [0.3, 0.4) is 0 Å². The lowest BCUT2D eigenvalue weighted by atomic mass is 10.2. The zero-order valence-electron chi connectivity index (χ0n) is 12.3. The molecule has 110 valence electrons. The third-order valence-electron chi connectivity index (χ3n) is 3.26. The highest BCUT2D eigenvalue weighted by atomic mass is 16.5. The van der Waals surface area contributed by atoms with Crippen LogP contribution in [-0.2, 0) is 11.2 Å². The lowest BCUT2D eigenvalue weighted by Crippen LogP contribution is -2.20. The van der Waals surface area contributed by atoms with Crippen LogP contribution < -0.4 is 15.8 Å². The van der Waals surface area contributed by atoms with Gasteiger partial charge in [0.2, 0.25) is 0 Å². The molecule has 3 N–H and O–H groups in total. The van der Waals surface area contributed by atoms with Gasteiger partial charge in [0.25, 0.3) is 5.91 Å². The highest BCUT2D eigenvalue weighted by molar-refractivity contribution is 5.92. The van der Waals surface area contributed by atoms with Crippen molar-refractivity contribution in [1.29, 1.82) is 0 Å². The fourth-order valence-corrected chi connectivity index (χ4v) is 1.89. The van der Waals surface area contributed by atoms with Gasteiger partial charge in [-0.25, -0.2) is 0 Å². The number of nitrogen functional groups attached to an aromatic ring is 1. The minimum Gasteiger partial charge on any atom is -0.484 e. The molecule has 0 radical (unpaired) electrons. The van der Waals surface area contributed by atoms with Crippen molar-refractivity contribution in [2.45, 2.75) is 20.3 Å². The van der Waals surface area contributed by atoms with Crippen molar-refractivity contribution < 1.29 is 9.53 Å². The Morgan fingerprint density at radius 1 is 1.19 bits per heavy atom. The largest absolute Gasteiger partial charge is 0.484 e. The lowest BCUT2D eigenvalue weighted by Gasteiger charge is -2.09. The molecule has 1 amide bonds. The second kappa shape index (κ2) is 6.79. The van der Waals surface area contributed by atoms with Crippen LogP contribution in [0.4, 0.5) is 11.4 Å². The molecule has 2 aromatic carbocycles. The molecular formula is C17H20N2O2. The topological polar surface area (TPSA) is 64.3 Å². The van der Waals surface area contributed by atoms with E-state index in [1.54, 1.807) is 6.07 Å². The van der Waals surface area contributed by atoms with Gasteiger partial charge in [-0.3, -0.25) is 4.79 Å². The molecular weight excluding hydrogens is 264 g/mol. The number of carbonyl (C=O) groups is 1. The fraction of sp³-hybridized carbons (Fsp3) is 0.235. The molecule has 2 aromatic rings. The number of aryl methyl sites for hydroxylation is 2. The summed E-state index contributed by atoms with van der Waals surface area (Å²) in [5, 5.41) is 2.76. The summed E-state index contributed by atoms with van der Waals surface area (Å²) in [5.74, 6) is 0.476. The van der Waals surface area contributed by atoms with Gasteiger partial charge in [-0.2, -0.15) is 0 Å². The number of hydrogen-bond donors (Lipinski definition) is 2. The predicted octanol–water partition coefficient (Wildman–Crippen LogP) is 3.16. The van der Waals surface area contributed by atoms with E-state index >= 15 is 0 Å². The third-order valence-corrected chi connectivity index (χ3v) is 3.26. The van der Waals surface area contributed by atoms with Crippen LogP contribution in [-0.4, -0.2) is 12.5 Å². The summed E-state index contributed by atoms with van der Waals surface area (Å²) in [6, 6.07) is 13.2. The summed E-state index contributed by atoms with van der Waals surface area (Å²) >= 11 is 0. The van der Waals surface area contributed by atoms with Crippen LogP contribution in [0.15, 0.2) is 42.5 Å². The van der Waals surface area contributed by atoms with Crippen molar-refractivity contribution in [1.82, 2.24) is 0 Å². The molecule has 0 aliphatic heterocycles. The lowest BCUT2D eigenvalue weighted by molar-refractivity contribution is -0.118. The zero-order valence-corrected chi connectivity index (χ0v) is 12.3. The Morgan fingerprint density at radius 2 is 1.90 bits per heavy atom. The van der Waals surface area contributed by atoms with Gasteiger partial charge in [-0.15, -0.1) is 0 Å². The zero-order chi connectivity index (χ0) is 15.2. The van der Waals surface area contributed by atoms with Crippen LogP contribution in [0, 0.1) is 6.92 Å². The first-order chi connectivity index (χ1) is 10.1. The van der Waals surface area contributed by atoms with Crippen LogP contribution >= 0.6 is 0 Å². The van der Waals surface area contributed by atoms with Gasteiger partial charge < -0.3 is 15.8 Å². The van der Waals surface area contributed by atoms with Crippen LogP contribution in [0.2, 0.25) is 0 Å². The molecule has 4 heteroatoms. The van der Waals surface area contributed by atoms with Crippen LogP contribution in [0.1, 0.15) is 18.1 Å². The molecule has 0 aliphatic carbocycles. The average molecular weight is 284 g/mol. The molecule has 0 saturated heterocycles. The SMILES string of the molecule is CCc1ccc(OCC(=O)Nc2ccc(C)c(N)c2)cc1. The number of amides is 1. The van der Waals surface area contributed by atoms with Crippen molar-refractivity contribution >= 4 is 17.3 Å². The maximum Gasteiger partial charge on any atom is 0.262 e. The number of carbonyl (C=O) groups excluding carboxylic acids is 1. The van der Waals surface area contributed by atoms with Crippen LogP contribution in [0.25, 0.3) is 0 Å². The molecule has 0 saturated carbocycles. The molecule has 0 aliphatic rings. The Kier molecular flexibility index (Phi) is 4.82. The summed E-state index contributed by atoms with van der Waals surface area (Å²) in [6.07, 6.45) is 0.982. The van der Waals surface area contributed by atoms with Crippen molar-refractivity contribution in [3.05, 3.63) is 53.6 Å². The van der Waals surface area contributed by atoms with E-state index in [0.717, 1.165) is 12.0 Å². The summed E-state index contributed by atoms with van der Waals surface area (Å²) in [5.41, 5.74) is 9.36. The molecule has 0 atom stereocenters.